The molecule has 0 bridgehead atoms. The van der Waals surface area contributed by atoms with Crippen LogP contribution in [0.2, 0.25) is 0 Å². The average Bonchev–Trinajstić information content (AvgIpc) is 3.06. The summed E-state index contributed by atoms with van der Waals surface area (Å²) < 4.78 is 0. The molecule has 0 aromatic heterocycles. The number of amides is 1. The van der Waals surface area contributed by atoms with Crippen molar-refractivity contribution in [1.29, 1.82) is 0 Å². The summed E-state index contributed by atoms with van der Waals surface area (Å²) in [5.74, 6) is 1.15. The van der Waals surface area contributed by atoms with Gasteiger partial charge in [-0.25, -0.2) is 0 Å². The summed E-state index contributed by atoms with van der Waals surface area (Å²) in [6, 6.07) is 9.19. The fraction of sp³-hybridized carbons (Fsp3) is 0.462. The van der Waals surface area contributed by atoms with Gasteiger partial charge in [0.15, 0.2) is 0 Å². The van der Waals surface area contributed by atoms with Crippen molar-refractivity contribution in [1.82, 2.24) is 10.6 Å². The van der Waals surface area contributed by atoms with Crippen LogP contribution in [-0.2, 0) is 4.79 Å². The summed E-state index contributed by atoms with van der Waals surface area (Å²) in [6.45, 7) is 0.427. The van der Waals surface area contributed by atoms with Crippen LogP contribution in [0.4, 0.5) is 0 Å². The molecule has 1 aliphatic heterocycles. The van der Waals surface area contributed by atoms with E-state index in [1.165, 1.54) is 10.5 Å². The smallest absolute Gasteiger partial charge is 0.234 e. The Morgan fingerprint density at radius 3 is 3.00 bits per heavy atom. The van der Waals surface area contributed by atoms with Crippen molar-refractivity contribution in [2.45, 2.75) is 29.8 Å². The first-order valence-corrected chi connectivity index (χ1v) is 7.06. The third kappa shape index (κ3) is 2.64. The van der Waals surface area contributed by atoms with Crippen LogP contribution in [0, 0.1) is 0 Å². The maximum absolute atomic E-state index is 11.6. The van der Waals surface area contributed by atoms with Gasteiger partial charge in [0.2, 0.25) is 5.91 Å². The molecule has 3 nitrogen and oxygen atoms in total. The number of benzene rings is 1. The predicted octanol–water partition coefficient (Wildman–Crippen LogP) is 1.70. The van der Waals surface area contributed by atoms with Gasteiger partial charge in [0.1, 0.15) is 0 Å². The topological polar surface area (TPSA) is 41.1 Å². The van der Waals surface area contributed by atoms with Gasteiger partial charge in [-0.1, -0.05) is 18.2 Å². The molecule has 1 aromatic carbocycles. The maximum atomic E-state index is 11.6. The molecule has 1 aliphatic carbocycles. The highest BCUT2D eigenvalue weighted by molar-refractivity contribution is 7.99. The third-order valence-corrected chi connectivity index (χ3v) is 4.33. The van der Waals surface area contributed by atoms with Crippen molar-refractivity contribution in [3.63, 3.8) is 0 Å². The zero-order valence-electron chi connectivity index (χ0n) is 9.61. The number of carbonyl (C=O) groups excluding carboxylic acids is 1. The van der Waals surface area contributed by atoms with Crippen LogP contribution < -0.4 is 10.6 Å². The summed E-state index contributed by atoms with van der Waals surface area (Å²) in [6.07, 6.45) is 2.29. The van der Waals surface area contributed by atoms with Crippen molar-refractivity contribution in [3.8, 4) is 0 Å². The van der Waals surface area contributed by atoms with Gasteiger partial charge in [-0.15, -0.1) is 11.8 Å². The number of carbonyl (C=O) groups is 1. The van der Waals surface area contributed by atoms with Gasteiger partial charge in [0.05, 0.1) is 6.54 Å². The van der Waals surface area contributed by atoms with Crippen LogP contribution >= 0.6 is 11.8 Å². The van der Waals surface area contributed by atoms with Crippen molar-refractivity contribution >= 4 is 17.7 Å². The fourth-order valence-electron chi connectivity index (χ4n) is 2.05. The van der Waals surface area contributed by atoms with E-state index in [-0.39, 0.29) is 5.91 Å². The first-order valence-electron chi connectivity index (χ1n) is 6.07. The second kappa shape index (κ2) is 4.70. The largest absolute Gasteiger partial charge is 0.352 e. The van der Waals surface area contributed by atoms with Crippen molar-refractivity contribution in [3.05, 3.63) is 29.8 Å². The normalized spacial score (nSPS) is 22.2. The number of nitrogens with one attached hydrogen (secondary N) is 2. The third-order valence-electron chi connectivity index (χ3n) is 3.15. The molecule has 1 saturated carbocycles. The lowest BCUT2D eigenvalue weighted by atomic mass is 10.1. The molecule has 4 heteroatoms. The molecule has 2 N–H and O–H groups in total. The molecule has 90 valence electrons. The molecule has 1 heterocycles. The molecule has 3 rings (SSSR count). The second-order valence-corrected chi connectivity index (χ2v) is 5.69. The Balaban J connectivity index is 1.54. The molecule has 1 aromatic rings. The van der Waals surface area contributed by atoms with Crippen LogP contribution in [0.5, 0.6) is 0 Å². The number of rotatable bonds is 4. The molecular formula is C13H16N2OS. The van der Waals surface area contributed by atoms with Gasteiger partial charge in [-0.05, 0) is 24.5 Å². The fourth-order valence-corrected chi connectivity index (χ4v) is 3.25. The lowest BCUT2D eigenvalue weighted by molar-refractivity contribution is -0.120. The predicted molar refractivity (Wildman–Crippen MR) is 69.1 cm³/mol. The minimum absolute atomic E-state index is 0.127. The van der Waals surface area contributed by atoms with Crippen LogP contribution in [0.1, 0.15) is 24.4 Å². The summed E-state index contributed by atoms with van der Waals surface area (Å²) in [7, 11) is 0. The quantitative estimate of drug-likeness (QED) is 0.852. The molecule has 1 atom stereocenters. The molecule has 1 amide bonds. The Bertz CT molecular complexity index is 431. The number of thioether (sulfide) groups is 1. The highest BCUT2D eigenvalue weighted by Crippen LogP contribution is 2.37. The number of hydrogen-bond donors (Lipinski definition) is 2. The molecule has 0 spiro atoms. The minimum Gasteiger partial charge on any atom is -0.352 e. The Kier molecular flexibility index (Phi) is 3.07. The molecule has 2 aliphatic rings. The van der Waals surface area contributed by atoms with Crippen molar-refractivity contribution in [2.24, 2.45) is 0 Å². The highest BCUT2D eigenvalue weighted by Gasteiger charge is 2.25. The molecule has 1 fully saturated rings. The summed E-state index contributed by atoms with van der Waals surface area (Å²) in [5, 5.41) is 6.33. The molecular weight excluding hydrogens is 232 g/mol. The summed E-state index contributed by atoms with van der Waals surface area (Å²) in [5.41, 5.74) is 1.33. The van der Waals surface area contributed by atoms with Gasteiger partial charge in [-0.3, -0.25) is 4.79 Å². The van der Waals surface area contributed by atoms with Gasteiger partial charge in [0, 0.05) is 22.7 Å². The SMILES string of the molecule is O=C(CNC1CSc2ccccc21)NC1CC1. The molecule has 1 unspecified atom stereocenters. The van der Waals surface area contributed by atoms with Gasteiger partial charge in [-0.2, -0.15) is 0 Å². The Hall–Kier alpha value is -1.00. The van der Waals surface area contributed by atoms with E-state index in [0.717, 1.165) is 18.6 Å². The number of fused-ring (bicyclic) bond motifs is 1. The zero-order valence-corrected chi connectivity index (χ0v) is 10.4. The Morgan fingerprint density at radius 1 is 1.35 bits per heavy atom. The van der Waals surface area contributed by atoms with E-state index >= 15 is 0 Å². The van der Waals surface area contributed by atoms with E-state index in [4.69, 9.17) is 0 Å². The standard InChI is InChI=1S/C13H16N2OS/c16-13(15-9-5-6-9)7-14-11-8-17-12-4-2-1-3-10(11)12/h1-4,9,11,14H,5-8H2,(H,15,16). The lowest BCUT2D eigenvalue weighted by Crippen LogP contribution is -2.36. The molecule has 0 radical (unpaired) electrons. The molecule has 17 heavy (non-hydrogen) atoms. The lowest BCUT2D eigenvalue weighted by Gasteiger charge is -2.12. The van der Waals surface area contributed by atoms with Crippen LogP contribution in [0.25, 0.3) is 0 Å². The second-order valence-electron chi connectivity index (χ2n) is 4.62. The Morgan fingerprint density at radius 2 is 2.18 bits per heavy atom. The van der Waals surface area contributed by atoms with Crippen molar-refractivity contribution < 1.29 is 4.79 Å². The first-order chi connectivity index (χ1) is 8.33. The zero-order chi connectivity index (χ0) is 11.7. The van der Waals surface area contributed by atoms with Crippen LogP contribution in [0.15, 0.2) is 29.2 Å². The van der Waals surface area contributed by atoms with E-state index in [2.05, 4.69) is 34.9 Å². The van der Waals surface area contributed by atoms with E-state index in [9.17, 15) is 4.79 Å². The minimum atomic E-state index is 0.127. The number of hydrogen-bond acceptors (Lipinski definition) is 3. The van der Waals surface area contributed by atoms with Gasteiger partial charge < -0.3 is 10.6 Å². The summed E-state index contributed by atoms with van der Waals surface area (Å²) >= 11 is 1.86. The first kappa shape index (κ1) is 11.1. The van der Waals surface area contributed by atoms with E-state index in [1.807, 2.05) is 11.8 Å². The van der Waals surface area contributed by atoms with Gasteiger partial charge in [0.25, 0.3) is 0 Å². The molecule has 0 saturated heterocycles. The van der Waals surface area contributed by atoms with Crippen LogP contribution in [0.3, 0.4) is 0 Å². The summed E-state index contributed by atoms with van der Waals surface area (Å²) in [4.78, 5) is 12.9. The Labute approximate surface area is 105 Å². The maximum Gasteiger partial charge on any atom is 0.234 e. The van der Waals surface area contributed by atoms with E-state index < -0.39 is 0 Å². The monoisotopic (exact) mass is 248 g/mol. The average molecular weight is 248 g/mol. The van der Waals surface area contributed by atoms with E-state index in [1.54, 1.807) is 0 Å². The van der Waals surface area contributed by atoms with Crippen LogP contribution in [-0.4, -0.2) is 24.2 Å². The van der Waals surface area contributed by atoms with E-state index in [0.29, 0.717) is 18.6 Å². The van der Waals surface area contributed by atoms with Gasteiger partial charge >= 0.3 is 0 Å². The van der Waals surface area contributed by atoms with Crippen molar-refractivity contribution in [2.75, 3.05) is 12.3 Å². The highest BCUT2D eigenvalue weighted by atomic mass is 32.2.